The number of aromatic nitrogens is 1. The molecule has 1 rings (SSSR count). The van der Waals surface area contributed by atoms with Gasteiger partial charge >= 0.3 is 0 Å². The van der Waals surface area contributed by atoms with Crippen molar-refractivity contribution in [2.75, 3.05) is 32.9 Å². The second-order valence-corrected chi connectivity index (χ2v) is 2.92. The number of nitrogens with zero attached hydrogens (tertiary/aromatic N) is 1. The number of hydrogen-bond donors (Lipinski definition) is 1. The molecule has 0 saturated carbocycles. The van der Waals surface area contributed by atoms with Crippen molar-refractivity contribution in [3.63, 3.8) is 0 Å². The largest absolute Gasteiger partial charge is 0.384 e. The number of nitrogen functional groups attached to an aromatic ring is 1. The van der Waals surface area contributed by atoms with Gasteiger partial charge in [-0.3, -0.25) is 0 Å². The Hall–Kier alpha value is -1.17. The van der Waals surface area contributed by atoms with Gasteiger partial charge < -0.3 is 19.9 Å². The van der Waals surface area contributed by atoms with Crippen molar-refractivity contribution in [2.45, 2.75) is 6.61 Å². The number of methoxy groups -OCH3 is 1. The molecule has 1 heterocycles. The number of anilines is 1. The second kappa shape index (κ2) is 7.17. The van der Waals surface area contributed by atoms with E-state index in [4.69, 9.17) is 19.9 Å². The van der Waals surface area contributed by atoms with Crippen molar-refractivity contribution >= 4 is 5.82 Å². The van der Waals surface area contributed by atoms with E-state index in [1.54, 1.807) is 13.2 Å². The molecule has 0 atom stereocenters. The lowest BCUT2D eigenvalue weighted by atomic mass is 10.3. The molecule has 5 heteroatoms. The van der Waals surface area contributed by atoms with Crippen LogP contribution in [-0.2, 0) is 20.8 Å². The number of rotatable bonds is 7. The molecule has 0 aliphatic rings. The third-order valence-corrected chi connectivity index (χ3v) is 1.68. The first-order valence-corrected chi connectivity index (χ1v) is 4.69. The normalized spacial score (nSPS) is 10.5. The molecule has 0 unspecified atom stereocenters. The van der Waals surface area contributed by atoms with Crippen LogP contribution in [0.1, 0.15) is 5.69 Å². The maximum atomic E-state index is 5.51. The van der Waals surface area contributed by atoms with Crippen LogP contribution in [0.2, 0.25) is 0 Å². The Bertz CT molecular complexity index is 281. The van der Waals surface area contributed by atoms with Crippen LogP contribution in [-0.4, -0.2) is 32.1 Å². The van der Waals surface area contributed by atoms with E-state index in [-0.39, 0.29) is 6.79 Å². The van der Waals surface area contributed by atoms with E-state index in [0.717, 1.165) is 5.69 Å². The van der Waals surface area contributed by atoms with E-state index in [0.29, 0.717) is 25.6 Å². The van der Waals surface area contributed by atoms with Gasteiger partial charge in [0.25, 0.3) is 0 Å². The molecule has 0 bridgehead atoms. The molecule has 5 nitrogen and oxygen atoms in total. The average molecular weight is 212 g/mol. The predicted octanol–water partition coefficient (Wildman–Crippen LogP) is 0.801. The van der Waals surface area contributed by atoms with Crippen molar-refractivity contribution < 1.29 is 14.2 Å². The fourth-order valence-corrected chi connectivity index (χ4v) is 0.985. The minimum absolute atomic E-state index is 0.236. The van der Waals surface area contributed by atoms with Gasteiger partial charge in [-0.15, -0.1) is 0 Å². The van der Waals surface area contributed by atoms with E-state index in [2.05, 4.69) is 4.98 Å². The quantitative estimate of drug-likeness (QED) is 0.535. The van der Waals surface area contributed by atoms with Gasteiger partial charge in [0.15, 0.2) is 0 Å². The van der Waals surface area contributed by atoms with E-state index in [1.807, 2.05) is 12.1 Å². The van der Waals surface area contributed by atoms with Gasteiger partial charge in [-0.1, -0.05) is 6.07 Å². The number of pyridine rings is 1. The minimum Gasteiger partial charge on any atom is -0.384 e. The highest BCUT2D eigenvalue weighted by atomic mass is 16.7. The van der Waals surface area contributed by atoms with E-state index in [1.165, 1.54) is 0 Å². The molecule has 0 amide bonds. The van der Waals surface area contributed by atoms with Crippen molar-refractivity contribution in [1.82, 2.24) is 4.98 Å². The summed E-state index contributed by atoms with van der Waals surface area (Å²) in [5.74, 6) is 0.497. The van der Waals surface area contributed by atoms with Crippen LogP contribution >= 0.6 is 0 Å². The first-order chi connectivity index (χ1) is 7.33. The lowest BCUT2D eigenvalue weighted by molar-refractivity contribution is -0.0732. The predicted molar refractivity (Wildman–Crippen MR) is 56.1 cm³/mol. The van der Waals surface area contributed by atoms with Gasteiger partial charge in [0, 0.05) is 7.11 Å². The molecule has 0 saturated heterocycles. The minimum atomic E-state index is 0.236. The Kier molecular flexibility index (Phi) is 5.69. The molecule has 2 N–H and O–H groups in total. The first-order valence-electron chi connectivity index (χ1n) is 4.69. The molecular formula is C10H16N2O3. The summed E-state index contributed by atoms with van der Waals surface area (Å²) < 4.78 is 15.2. The molecule has 0 aliphatic carbocycles. The third kappa shape index (κ3) is 5.31. The van der Waals surface area contributed by atoms with Crippen molar-refractivity contribution in [2.24, 2.45) is 0 Å². The van der Waals surface area contributed by atoms with Crippen LogP contribution in [0.3, 0.4) is 0 Å². The topological polar surface area (TPSA) is 66.6 Å². The van der Waals surface area contributed by atoms with Gasteiger partial charge in [0.1, 0.15) is 12.6 Å². The Morgan fingerprint density at radius 2 is 2.13 bits per heavy atom. The molecule has 0 aliphatic heterocycles. The van der Waals surface area contributed by atoms with Crippen LogP contribution in [0.4, 0.5) is 5.82 Å². The highest BCUT2D eigenvalue weighted by molar-refractivity contribution is 5.28. The molecule has 0 radical (unpaired) electrons. The van der Waals surface area contributed by atoms with E-state index < -0.39 is 0 Å². The van der Waals surface area contributed by atoms with Crippen molar-refractivity contribution in [3.05, 3.63) is 23.9 Å². The van der Waals surface area contributed by atoms with Crippen molar-refractivity contribution in [1.29, 1.82) is 0 Å². The van der Waals surface area contributed by atoms with Gasteiger partial charge in [0.05, 0.1) is 25.5 Å². The number of ether oxygens (including phenoxy) is 3. The smallest absolute Gasteiger partial charge is 0.147 e. The van der Waals surface area contributed by atoms with Gasteiger partial charge in [0.2, 0.25) is 0 Å². The lowest BCUT2D eigenvalue weighted by Crippen LogP contribution is -2.06. The Labute approximate surface area is 89.2 Å². The highest BCUT2D eigenvalue weighted by Gasteiger charge is 1.95. The summed E-state index contributed by atoms with van der Waals surface area (Å²) in [5, 5.41) is 0. The van der Waals surface area contributed by atoms with Gasteiger partial charge in [-0.2, -0.15) is 0 Å². The molecule has 0 spiro atoms. The molecule has 0 fully saturated rings. The number of nitrogens with two attached hydrogens (primary N) is 1. The fourth-order valence-electron chi connectivity index (χ4n) is 0.985. The standard InChI is InChI=1S/C10H16N2O3/c1-13-5-6-14-8-15-7-9-3-2-4-10(11)12-9/h2-4H,5-8H2,1H3,(H2,11,12). The van der Waals surface area contributed by atoms with Crippen LogP contribution in [0.15, 0.2) is 18.2 Å². The molecule has 1 aromatic heterocycles. The molecule has 84 valence electrons. The lowest BCUT2D eigenvalue weighted by Gasteiger charge is -2.05. The number of hydrogen-bond acceptors (Lipinski definition) is 5. The maximum Gasteiger partial charge on any atom is 0.147 e. The Morgan fingerprint density at radius 1 is 1.27 bits per heavy atom. The van der Waals surface area contributed by atoms with Crippen LogP contribution in [0.5, 0.6) is 0 Å². The molecular weight excluding hydrogens is 196 g/mol. The zero-order valence-electron chi connectivity index (χ0n) is 8.81. The summed E-state index contributed by atoms with van der Waals surface area (Å²) in [6, 6.07) is 5.43. The van der Waals surface area contributed by atoms with E-state index >= 15 is 0 Å². The van der Waals surface area contributed by atoms with E-state index in [9.17, 15) is 0 Å². The van der Waals surface area contributed by atoms with Crippen LogP contribution in [0.25, 0.3) is 0 Å². The summed E-state index contributed by atoms with van der Waals surface area (Å²) >= 11 is 0. The molecule has 15 heavy (non-hydrogen) atoms. The summed E-state index contributed by atoms with van der Waals surface area (Å²) in [4.78, 5) is 4.08. The van der Waals surface area contributed by atoms with Crippen molar-refractivity contribution in [3.8, 4) is 0 Å². The van der Waals surface area contributed by atoms with Crippen LogP contribution < -0.4 is 5.73 Å². The first kappa shape index (κ1) is 11.9. The zero-order valence-corrected chi connectivity index (χ0v) is 8.81. The maximum absolute atomic E-state index is 5.51. The van der Waals surface area contributed by atoms with Crippen LogP contribution in [0, 0.1) is 0 Å². The Morgan fingerprint density at radius 3 is 2.87 bits per heavy atom. The summed E-state index contributed by atoms with van der Waals surface area (Å²) in [5.41, 5.74) is 6.31. The molecule has 0 aromatic carbocycles. The Balaban J connectivity index is 2.10. The van der Waals surface area contributed by atoms with Gasteiger partial charge in [-0.05, 0) is 12.1 Å². The van der Waals surface area contributed by atoms with Gasteiger partial charge in [-0.25, -0.2) is 4.98 Å². The highest BCUT2D eigenvalue weighted by Crippen LogP contribution is 2.01. The fraction of sp³-hybridized carbons (Fsp3) is 0.500. The summed E-state index contributed by atoms with van der Waals surface area (Å²) in [7, 11) is 1.63. The average Bonchev–Trinajstić information content (AvgIpc) is 2.23. The SMILES string of the molecule is COCCOCOCc1cccc(N)n1. The monoisotopic (exact) mass is 212 g/mol. The third-order valence-electron chi connectivity index (χ3n) is 1.68. The summed E-state index contributed by atoms with van der Waals surface area (Å²) in [6.45, 7) is 1.73. The summed E-state index contributed by atoms with van der Waals surface area (Å²) in [6.07, 6.45) is 0. The zero-order chi connectivity index (χ0) is 10.9. The molecule has 1 aromatic rings. The second-order valence-electron chi connectivity index (χ2n) is 2.92.